The minimum absolute atomic E-state index is 0.334. The van der Waals surface area contributed by atoms with Crippen molar-refractivity contribution in [3.63, 3.8) is 0 Å². The molecule has 1 heterocycles. The van der Waals surface area contributed by atoms with E-state index in [1.54, 1.807) is 0 Å². The van der Waals surface area contributed by atoms with E-state index in [1.165, 1.54) is 18.6 Å². The topological polar surface area (TPSA) is 34.1 Å². The predicted octanol–water partition coefficient (Wildman–Crippen LogP) is 1.33. The maximum atomic E-state index is 5.10. The van der Waals surface area contributed by atoms with Crippen LogP contribution in [0.1, 0.15) is 25.7 Å². The van der Waals surface area contributed by atoms with Gasteiger partial charge in [0.05, 0.1) is 12.3 Å². The summed E-state index contributed by atoms with van der Waals surface area (Å²) in [5, 5.41) is 4.04. The van der Waals surface area contributed by atoms with Gasteiger partial charge >= 0.3 is 0 Å². The molecule has 0 aromatic carbocycles. The average molecular weight is 155 g/mol. The summed E-state index contributed by atoms with van der Waals surface area (Å²) in [7, 11) is 0. The number of oxime groups is 1. The van der Waals surface area contributed by atoms with Crippen molar-refractivity contribution in [3.8, 4) is 0 Å². The third-order valence-electron chi connectivity index (χ3n) is 2.04. The smallest absolute Gasteiger partial charge is 0.145 e. The molecule has 1 saturated heterocycles. The molecule has 3 nitrogen and oxygen atoms in total. The van der Waals surface area contributed by atoms with Gasteiger partial charge in [-0.25, -0.2) is 0 Å². The van der Waals surface area contributed by atoms with Gasteiger partial charge in [-0.05, 0) is 25.7 Å². The zero-order chi connectivity index (χ0) is 7.52. The van der Waals surface area contributed by atoms with Crippen LogP contribution in [0.2, 0.25) is 0 Å². The Morgan fingerprint density at radius 2 is 2.18 bits per heavy atom. The van der Waals surface area contributed by atoms with E-state index in [-0.39, 0.29) is 0 Å². The molecular weight excluding hydrogens is 142 g/mol. The summed E-state index contributed by atoms with van der Waals surface area (Å²) in [6.07, 6.45) is 5.15. The molecule has 2 aliphatic rings. The molecule has 1 aliphatic heterocycles. The number of rotatable bonds is 3. The minimum atomic E-state index is 0.334. The fraction of sp³-hybridized carbons (Fsp3) is 0.875. The summed E-state index contributed by atoms with van der Waals surface area (Å²) in [5.41, 5.74) is 1.23. The van der Waals surface area contributed by atoms with Gasteiger partial charge in [0, 0.05) is 0 Å². The number of hydrogen-bond donors (Lipinski definition) is 0. The summed E-state index contributed by atoms with van der Waals surface area (Å²) in [4.78, 5) is 5.10. The van der Waals surface area contributed by atoms with Crippen LogP contribution in [0.25, 0.3) is 0 Å². The first-order valence-corrected chi connectivity index (χ1v) is 4.24. The van der Waals surface area contributed by atoms with Crippen LogP contribution < -0.4 is 0 Å². The third kappa shape index (κ3) is 2.19. The van der Waals surface area contributed by atoms with E-state index in [4.69, 9.17) is 9.57 Å². The highest BCUT2D eigenvalue weighted by molar-refractivity contribution is 5.85. The summed E-state index contributed by atoms with van der Waals surface area (Å²) in [5.74, 6) is 0. The first-order valence-electron chi connectivity index (χ1n) is 4.24. The molecule has 2 fully saturated rings. The van der Waals surface area contributed by atoms with Crippen molar-refractivity contribution in [2.24, 2.45) is 5.16 Å². The molecule has 0 spiro atoms. The monoisotopic (exact) mass is 155 g/mol. The van der Waals surface area contributed by atoms with Crippen LogP contribution in [0.5, 0.6) is 0 Å². The first kappa shape index (κ1) is 7.10. The van der Waals surface area contributed by atoms with Crippen LogP contribution in [0.15, 0.2) is 5.16 Å². The van der Waals surface area contributed by atoms with Gasteiger partial charge in [0.2, 0.25) is 0 Å². The standard InChI is InChI=1S/C8H13NO2/c1-2-4-7(3-1)9-11-6-8-5-10-8/h8H,1-6H2. The molecular formula is C8H13NO2. The van der Waals surface area contributed by atoms with Crippen molar-refractivity contribution in [1.29, 1.82) is 0 Å². The molecule has 1 unspecified atom stereocenters. The second-order valence-electron chi connectivity index (χ2n) is 3.12. The first-order chi connectivity index (χ1) is 5.45. The maximum absolute atomic E-state index is 5.10. The summed E-state index contributed by atoms with van der Waals surface area (Å²) in [6, 6.07) is 0. The molecule has 11 heavy (non-hydrogen) atoms. The molecule has 0 radical (unpaired) electrons. The zero-order valence-corrected chi connectivity index (χ0v) is 6.58. The van der Waals surface area contributed by atoms with Gasteiger partial charge in [0.1, 0.15) is 12.7 Å². The number of nitrogens with zero attached hydrogens (tertiary/aromatic N) is 1. The van der Waals surface area contributed by atoms with Gasteiger partial charge in [-0.15, -0.1) is 0 Å². The summed E-state index contributed by atoms with van der Waals surface area (Å²) < 4.78 is 4.98. The molecule has 1 aliphatic carbocycles. The Labute approximate surface area is 66.4 Å². The molecule has 1 atom stereocenters. The van der Waals surface area contributed by atoms with Crippen LogP contribution in [0.3, 0.4) is 0 Å². The van der Waals surface area contributed by atoms with Crippen LogP contribution in [-0.4, -0.2) is 25.0 Å². The van der Waals surface area contributed by atoms with Crippen LogP contribution in [-0.2, 0) is 9.57 Å². The van der Waals surface area contributed by atoms with Crippen molar-refractivity contribution in [3.05, 3.63) is 0 Å². The molecule has 0 amide bonds. The van der Waals surface area contributed by atoms with Crippen LogP contribution in [0, 0.1) is 0 Å². The van der Waals surface area contributed by atoms with Gasteiger partial charge in [-0.2, -0.15) is 0 Å². The van der Waals surface area contributed by atoms with Gasteiger partial charge in [-0.3, -0.25) is 0 Å². The predicted molar refractivity (Wildman–Crippen MR) is 41.6 cm³/mol. The van der Waals surface area contributed by atoms with Crippen molar-refractivity contribution in [2.45, 2.75) is 31.8 Å². The lowest BCUT2D eigenvalue weighted by Gasteiger charge is -1.96. The Bertz CT molecular complexity index is 155. The van der Waals surface area contributed by atoms with Crippen molar-refractivity contribution >= 4 is 5.71 Å². The Hall–Kier alpha value is -0.570. The molecule has 0 aromatic heterocycles. The Morgan fingerprint density at radius 1 is 1.45 bits per heavy atom. The Morgan fingerprint density at radius 3 is 2.82 bits per heavy atom. The van der Waals surface area contributed by atoms with Gasteiger partial charge in [0.25, 0.3) is 0 Å². The number of hydrogen-bond acceptors (Lipinski definition) is 3. The third-order valence-corrected chi connectivity index (χ3v) is 2.04. The molecule has 0 N–H and O–H groups in total. The fourth-order valence-corrected chi connectivity index (χ4v) is 1.25. The van der Waals surface area contributed by atoms with Gasteiger partial charge < -0.3 is 9.57 Å². The van der Waals surface area contributed by atoms with E-state index in [1.807, 2.05) is 0 Å². The number of ether oxygens (including phenoxy) is 1. The van der Waals surface area contributed by atoms with E-state index < -0.39 is 0 Å². The van der Waals surface area contributed by atoms with E-state index in [0.717, 1.165) is 19.4 Å². The molecule has 0 aromatic rings. The quantitative estimate of drug-likeness (QED) is 0.455. The van der Waals surface area contributed by atoms with Crippen LogP contribution >= 0.6 is 0 Å². The van der Waals surface area contributed by atoms with Crippen molar-refractivity contribution < 1.29 is 9.57 Å². The molecule has 0 bridgehead atoms. The highest BCUT2D eigenvalue weighted by Crippen LogP contribution is 2.15. The molecule has 1 saturated carbocycles. The fourth-order valence-electron chi connectivity index (χ4n) is 1.25. The van der Waals surface area contributed by atoms with E-state index >= 15 is 0 Å². The summed E-state index contributed by atoms with van der Waals surface area (Å²) >= 11 is 0. The molecule has 3 heteroatoms. The van der Waals surface area contributed by atoms with E-state index in [0.29, 0.717) is 12.7 Å². The Kier molecular flexibility index (Phi) is 2.08. The SMILES string of the molecule is C1CCC(=NOCC2CO2)C1. The molecule has 2 rings (SSSR count). The second-order valence-corrected chi connectivity index (χ2v) is 3.12. The summed E-state index contributed by atoms with van der Waals surface area (Å²) in [6.45, 7) is 1.49. The average Bonchev–Trinajstić information content (AvgIpc) is 2.66. The van der Waals surface area contributed by atoms with E-state index in [2.05, 4.69) is 5.16 Å². The largest absolute Gasteiger partial charge is 0.393 e. The Balaban J connectivity index is 1.65. The normalized spacial score (nSPS) is 28.7. The van der Waals surface area contributed by atoms with Crippen molar-refractivity contribution in [2.75, 3.05) is 13.2 Å². The minimum Gasteiger partial charge on any atom is -0.393 e. The lowest BCUT2D eigenvalue weighted by atomic mass is 10.3. The van der Waals surface area contributed by atoms with Crippen molar-refractivity contribution in [1.82, 2.24) is 0 Å². The molecule has 62 valence electrons. The van der Waals surface area contributed by atoms with Gasteiger partial charge in [-0.1, -0.05) is 5.16 Å². The highest BCUT2D eigenvalue weighted by Gasteiger charge is 2.23. The zero-order valence-electron chi connectivity index (χ0n) is 6.58. The van der Waals surface area contributed by atoms with Gasteiger partial charge in [0.15, 0.2) is 0 Å². The highest BCUT2D eigenvalue weighted by atomic mass is 16.7. The second kappa shape index (κ2) is 3.22. The number of epoxide rings is 1. The van der Waals surface area contributed by atoms with E-state index in [9.17, 15) is 0 Å². The lowest BCUT2D eigenvalue weighted by molar-refractivity contribution is 0.124. The van der Waals surface area contributed by atoms with Crippen LogP contribution in [0.4, 0.5) is 0 Å². The maximum Gasteiger partial charge on any atom is 0.145 e. The lowest BCUT2D eigenvalue weighted by Crippen LogP contribution is -1.98.